The zero-order valence-electron chi connectivity index (χ0n) is 32.6. The molecule has 0 bridgehead atoms. The number of sulfone groups is 2. The number of aliphatic hydroxyl groups is 1. The molecule has 2 aliphatic carbocycles. The molecule has 4 unspecified atom stereocenters. The minimum Gasteiger partial charge on any atom is -0.484 e. The molecule has 0 aromatic heterocycles. The van der Waals surface area contributed by atoms with E-state index in [0.717, 1.165) is 49.5 Å². The second-order valence-electron chi connectivity index (χ2n) is 15.0. The Bertz CT molecular complexity index is 2380. The van der Waals surface area contributed by atoms with Crippen LogP contribution in [0.2, 0.25) is 0 Å². The van der Waals surface area contributed by atoms with Crippen molar-refractivity contribution in [1.82, 2.24) is 0 Å². The first-order valence-electron chi connectivity index (χ1n) is 19.3. The molecule has 0 spiro atoms. The molecule has 59 heavy (non-hydrogen) atoms. The predicted octanol–water partition coefficient (Wildman–Crippen LogP) is 9.66. The Morgan fingerprint density at radius 3 is 1.37 bits per heavy atom. The highest BCUT2D eigenvalue weighted by Crippen LogP contribution is 2.35. The molecule has 0 radical (unpaired) electrons. The van der Waals surface area contributed by atoms with E-state index in [1.165, 1.54) is 60.7 Å². The lowest BCUT2D eigenvalue weighted by atomic mass is 9.94. The van der Waals surface area contributed by atoms with Crippen molar-refractivity contribution in [2.24, 2.45) is 0 Å². The first-order chi connectivity index (χ1) is 28.0. The van der Waals surface area contributed by atoms with Crippen molar-refractivity contribution in [3.05, 3.63) is 132 Å². The van der Waals surface area contributed by atoms with E-state index < -0.39 is 60.9 Å². The number of hydrogen-bond donors (Lipinski definition) is 1. The van der Waals surface area contributed by atoms with Crippen molar-refractivity contribution < 1.29 is 53.7 Å². The summed E-state index contributed by atoms with van der Waals surface area (Å²) in [5, 5.41) is 9.66. The third-order valence-electron chi connectivity index (χ3n) is 10.3. The van der Waals surface area contributed by atoms with Crippen molar-refractivity contribution in [2.45, 2.75) is 92.2 Å². The molecule has 8 nitrogen and oxygen atoms in total. The average Bonchev–Trinajstić information content (AvgIpc) is 3.20. The van der Waals surface area contributed by atoms with Gasteiger partial charge in [-0.05, 0) is 115 Å². The fourth-order valence-corrected chi connectivity index (χ4v) is 8.44. The van der Waals surface area contributed by atoms with Gasteiger partial charge in [-0.15, -0.1) is 0 Å². The van der Waals surface area contributed by atoms with E-state index in [1.807, 2.05) is 30.3 Å². The molecule has 2 aliphatic rings. The summed E-state index contributed by atoms with van der Waals surface area (Å²) in [7, 11) is -6.68. The lowest BCUT2D eigenvalue weighted by molar-refractivity contribution is -0.0178. The number of rotatable bonds is 11. The molecule has 1 N–H and O–H groups in total. The van der Waals surface area contributed by atoms with E-state index in [1.54, 1.807) is 0 Å². The Kier molecular flexibility index (Phi) is 14.2. The fourth-order valence-electron chi connectivity index (χ4n) is 7.18. The number of aliphatic hydroxyl groups excluding tert-OH is 1. The largest absolute Gasteiger partial charge is 0.484 e. The maximum atomic E-state index is 14.8. The number of hydrogen-bond acceptors (Lipinski definition) is 8. The third kappa shape index (κ3) is 11.9. The zero-order chi connectivity index (χ0) is 42.3. The molecular formula is C45H46F4O8S2. The highest BCUT2D eigenvalue weighted by atomic mass is 32.2. The lowest BCUT2D eigenvalue weighted by Crippen LogP contribution is -2.30. The maximum Gasteiger partial charge on any atom is 0.191 e. The van der Waals surface area contributed by atoms with Crippen LogP contribution >= 0.6 is 0 Å². The topological polar surface area (TPSA) is 116 Å². The SMILES string of the molecule is CS(=O)(=O)c1ccc(-c2cc(F)c(OC3CCCC(O)C3)c(F)c2)cc1.CS(=O)(=O)c1ccc(-c2cc(F)c(OC3CCCC(OCc4ccccc4)C3)c(F)c2)cc1. The molecule has 0 amide bonds. The number of halogens is 4. The Labute approximate surface area is 342 Å². The summed E-state index contributed by atoms with van der Waals surface area (Å²) in [6.45, 7) is 0.494. The third-order valence-corrected chi connectivity index (χ3v) is 12.6. The molecule has 0 aliphatic heterocycles. The molecule has 2 saturated carbocycles. The van der Waals surface area contributed by atoms with E-state index in [4.69, 9.17) is 14.2 Å². The first kappa shape index (κ1) is 43.8. The van der Waals surface area contributed by atoms with Crippen LogP contribution in [0.25, 0.3) is 22.3 Å². The van der Waals surface area contributed by atoms with Crippen molar-refractivity contribution in [3.63, 3.8) is 0 Å². The van der Waals surface area contributed by atoms with Gasteiger partial charge in [0.05, 0.1) is 28.6 Å². The van der Waals surface area contributed by atoms with E-state index in [2.05, 4.69) is 0 Å². The summed E-state index contributed by atoms with van der Waals surface area (Å²) < 4.78 is 122. The zero-order valence-corrected chi connectivity index (χ0v) is 34.3. The molecular weight excluding hydrogens is 809 g/mol. The average molecular weight is 855 g/mol. The normalized spacial score (nSPS) is 19.6. The van der Waals surface area contributed by atoms with Gasteiger partial charge in [-0.25, -0.2) is 34.4 Å². The molecule has 2 fully saturated rings. The van der Waals surface area contributed by atoms with E-state index in [-0.39, 0.29) is 33.3 Å². The summed E-state index contributed by atoms with van der Waals surface area (Å²) in [4.78, 5) is 0.284. The summed E-state index contributed by atoms with van der Waals surface area (Å²) in [5.74, 6) is -4.06. The smallest absolute Gasteiger partial charge is 0.191 e. The minimum atomic E-state index is -3.34. The van der Waals surface area contributed by atoms with Gasteiger partial charge in [0.15, 0.2) is 54.4 Å². The Balaban J connectivity index is 0.000000204. The van der Waals surface area contributed by atoms with Crippen molar-refractivity contribution in [3.8, 4) is 33.8 Å². The van der Waals surface area contributed by atoms with Crippen molar-refractivity contribution >= 4 is 19.7 Å². The summed E-state index contributed by atoms with van der Waals surface area (Å²) in [5.41, 5.74) is 2.69. The standard InChI is InChI=1S/C26H26F2O4S.C19H20F2O4S/c1-33(29,30)23-12-10-19(11-13-23)20-14-24(27)26(25(28)15-20)32-22-9-5-8-21(16-22)31-17-18-6-3-2-4-7-18;1-26(23,24)16-7-5-12(6-8-16)13-9-17(20)19(18(21)10-13)25-15-4-2-3-14(22)11-15/h2-4,6-7,10-15,21-22H,5,8-9,16-17H2,1H3;5-10,14-15,22H,2-4,11H2,1H3. The molecule has 0 saturated heterocycles. The molecule has 0 heterocycles. The Morgan fingerprint density at radius 2 is 0.949 bits per heavy atom. The van der Waals surface area contributed by atoms with Crippen LogP contribution in [0, 0.1) is 23.3 Å². The van der Waals surface area contributed by atoms with Crippen molar-refractivity contribution in [2.75, 3.05) is 12.5 Å². The molecule has 7 rings (SSSR count). The second-order valence-corrected chi connectivity index (χ2v) is 19.0. The summed E-state index contributed by atoms with van der Waals surface area (Å²) in [6.07, 6.45) is 6.37. The van der Waals surface area contributed by atoms with Gasteiger partial charge in [0, 0.05) is 25.4 Å². The molecule has 314 valence electrons. The van der Waals surface area contributed by atoms with Gasteiger partial charge in [0.2, 0.25) is 0 Å². The number of ether oxygens (including phenoxy) is 3. The number of benzene rings is 5. The Hall–Kier alpha value is -4.76. The van der Waals surface area contributed by atoms with E-state index in [0.29, 0.717) is 55.4 Å². The van der Waals surface area contributed by atoms with Gasteiger partial charge in [-0.1, -0.05) is 54.6 Å². The second kappa shape index (κ2) is 19.1. The van der Waals surface area contributed by atoms with Crippen molar-refractivity contribution in [1.29, 1.82) is 0 Å². The quantitative estimate of drug-likeness (QED) is 0.131. The van der Waals surface area contributed by atoms with E-state index >= 15 is 0 Å². The van der Waals surface area contributed by atoms with Crippen LogP contribution in [0.3, 0.4) is 0 Å². The van der Waals surface area contributed by atoms with Gasteiger partial charge < -0.3 is 19.3 Å². The summed E-state index contributed by atoms with van der Waals surface area (Å²) in [6, 6.07) is 26.3. The Morgan fingerprint density at radius 1 is 0.542 bits per heavy atom. The molecule has 5 aromatic carbocycles. The van der Waals surface area contributed by atoms with Gasteiger partial charge in [0.25, 0.3) is 0 Å². The van der Waals surface area contributed by atoms with Crippen LogP contribution in [-0.4, -0.2) is 58.9 Å². The molecule has 5 aromatic rings. The highest BCUT2D eigenvalue weighted by Gasteiger charge is 2.27. The van der Waals surface area contributed by atoms with Crippen LogP contribution in [0.15, 0.2) is 113 Å². The molecule has 14 heteroatoms. The molecule has 4 atom stereocenters. The lowest BCUT2D eigenvalue weighted by Gasteiger charge is -2.30. The van der Waals surface area contributed by atoms with Crippen LogP contribution in [-0.2, 0) is 31.0 Å². The summed E-state index contributed by atoms with van der Waals surface area (Å²) >= 11 is 0. The predicted molar refractivity (Wildman–Crippen MR) is 217 cm³/mol. The fraction of sp³-hybridized carbons (Fsp3) is 0.333. The monoisotopic (exact) mass is 854 g/mol. The van der Waals surface area contributed by atoms with Gasteiger partial charge in [0.1, 0.15) is 12.2 Å². The van der Waals surface area contributed by atoms with Crippen LogP contribution in [0.4, 0.5) is 17.6 Å². The van der Waals surface area contributed by atoms with E-state index in [9.17, 15) is 39.5 Å². The van der Waals surface area contributed by atoms with Crippen LogP contribution in [0.1, 0.15) is 56.9 Å². The minimum absolute atomic E-state index is 0.0253. The van der Waals surface area contributed by atoms with Crippen LogP contribution < -0.4 is 9.47 Å². The highest BCUT2D eigenvalue weighted by molar-refractivity contribution is 7.91. The van der Waals surface area contributed by atoms with Gasteiger partial charge in [-0.3, -0.25) is 0 Å². The van der Waals surface area contributed by atoms with Crippen LogP contribution in [0.5, 0.6) is 11.5 Å². The van der Waals surface area contributed by atoms with Gasteiger partial charge >= 0.3 is 0 Å². The first-order valence-corrected chi connectivity index (χ1v) is 23.1. The van der Waals surface area contributed by atoms with Gasteiger partial charge in [-0.2, -0.15) is 0 Å². The maximum absolute atomic E-state index is 14.8.